The first kappa shape index (κ1) is 24.7. The van der Waals surface area contributed by atoms with Crippen molar-refractivity contribution in [2.75, 3.05) is 12.8 Å². The molecule has 34 heavy (non-hydrogen) atoms. The summed E-state index contributed by atoms with van der Waals surface area (Å²) in [5.41, 5.74) is 7.26. The molecule has 178 valence electrons. The van der Waals surface area contributed by atoms with E-state index in [4.69, 9.17) is 10.5 Å². The van der Waals surface area contributed by atoms with Crippen molar-refractivity contribution in [1.82, 2.24) is 8.96 Å². The number of halogens is 3. The molecule has 0 saturated heterocycles. The molecule has 0 amide bonds. The summed E-state index contributed by atoms with van der Waals surface area (Å²) in [6.07, 6.45) is 9.14. The SMILES string of the molecule is COC(=O)C1CC2CCC1CC2.N#Cc1cc(F)c(N)cc1-c1cn(SI)c2ncc(F)cc12. The number of anilines is 1. The number of nitriles is 1. The van der Waals surface area contributed by atoms with Crippen molar-refractivity contribution >= 4 is 53.0 Å². The molecule has 2 N–H and O–H groups in total. The second-order valence-corrected chi connectivity index (χ2v) is 10.4. The van der Waals surface area contributed by atoms with E-state index in [0.717, 1.165) is 24.6 Å². The number of nitrogens with zero attached hydrogens (tertiary/aromatic N) is 3. The van der Waals surface area contributed by atoms with Gasteiger partial charge in [-0.1, -0.05) is 12.8 Å². The summed E-state index contributed by atoms with van der Waals surface area (Å²) in [5, 5.41) is 9.76. The van der Waals surface area contributed by atoms with Gasteiger partial charge in [0.2, 0.25) is 0 Å². The highest BCUT2D eigenvalue weighted by Gasteiger charge is 2.39. The lowest BCUT2D eigenvalue weighted by Gasteiger charge is -2.40. The number of esters is 1. The van der Waals surface area contributed by atoms with Crippen LogP contribution in [0.3, 0.4) is 0 Å². The number of methoxy groups -OCH3 is 1. The average Bonchev–Trinajstić information content (AvgIpc) is 3.23. The smallest absolute Gasteiger partial charge is 0.308 e. The van der Waals surface area contributed by atoms with E-state index >= 15 is 0 Å². The maximum absolute atomic E-state index is 13.6. The number of rotatable bonds is 3. The maximum atomic E-state index is 13.6. The third kappa shape index (κ3) is 4.86. The van der Waals surface area contributed by atoms with E-state index in [1.54, 1.807) is 10.2 Å². The fraction of sp³-hybridized carbons (Fsp3) is 0.375. The summed E-state index contributed by atoms with van der Waals surface area (Å²) in [4.78, 5) is 15.4. The van der Waals surface area contributed by atoms with Gasteiger partial charge in [0.05, 0.1) is 36.5 Å². The minimum Gasteiger partial charge on any atom is -0.469 e. The number of hydrogen-bond acceptors (Lipinski definition) is 6. The van der Waals surface area contributed by atoms with Crippen LogP contribution >= 0.6 is 30.3 Å². The van der Waals surface area contributed by atoms with Crippen molar-refractivity contribution < 1.29 is 18.3 Å². The Morgan fingerprint density at radius 1 is 1.26 bits per heavy atom. The molecule has 3 saturated carbocycles. The third-order valence-corrected chi connectivity index (χ3v) is 8.45. The van der Waals surface area contributed by atoms with Gasteiger partial charge in [-0.2, -0.15) is 5.26 Å². The zero-order chi connectivity index (χ0) is 24.4. The van der Waals surface area contributed by atoms with Crippen LogP contribution in [0.15, 0.2) is 30.6 Å². The van der Waals surface area contributed by atoms with Gasteiger partial charge in [0, 0.05) is 53.0 Å². The van der Waals surface area contributed by atoms with E-state index in [1.165, 1.54) is 54.0 Å². The van der Waals surface area contributed by atoms with Crippen LogP contribution in [0.2, 0.25) is 0 Å². The molecule has 3 aliphatic carbocycles. The second kappa shape index (κ2) is 10.5. The van der Waals surface area contributed by atoms with Gasteiger partial charge in [-0.15, -0.1) is 0 Å². The minimum absolute atomic E-state index is 0.0319. The molecule has 0 aliphatic heterocycles. The molecule has 2 bridgehead atoms. The van der Waals surface area contributed by atoms with E-state index in [0.29, 0.717) is 28.1 Å². The highest BCUT2D eigenvalue weighted by atomic mass is 127. The Morgan fingerprint density at radius 2 is 2.00 bits per heavy atom. The number of hydrogen-bond donors (Lipinski definition) is 1. The Morgan fingerprint density at radius 3 is 2.59 bits per heavy atom. The summed E-state index contributed by atoms with van der Waals surface area (Å²) in [6.45, 7) is 0. The molecule has 3 fully saturated rings. The van der Waals surface area contributed by atoms with Gasteiger partial charge in [0.15, 0.2) is 5.65 Å². The van der Waals surface area contributed by atoms with Crippen molar-refractivity contribution in [2.45, 2.75) is 32.1 Å². The number of aromatic nitrogens is 2. The fourth-order valence-corrected chi connectivity index (χ4v) is 6.30. The average molecular weight is 596 g/mol. The second-order valence-electron chi connectivity index (χ2n) is 8.64. The van der Waals surface area contributed by atoms with E-state index < -0.39 is 11.6 Å². The van der Waals surface area contributed by atoms with Crippen LogP contribution in [0.4, 0.5) is 14.5 Å². The monoisotopic (exact) mass is 596 g/mol. The standard InChI is InChI=1S/C14H7F2IN4S.C10H16O2/c15-8-2-10-11(6-21(22-17)14(10)20-5-8)9-3-13(19)12(16)1-7(9)4-18;1-12-10(11)9-6-7-2-4-8(9)5-3-7/h1-3,5-6H,19H2;7-9H,2-6H2,1H3. The summed E-state index contributed by atoms with van der Waals surface area (Å²) in [5.74, 6) is 0.587. The Labute approximate surface area is 212 Å². The first-order valence-corrected chi connectivity index (χ1v) is 14.2. The fourth-order valence-electron chi connectivity index (χ4n) is 5.04. The van der Waals surface area contributed by atoms with E-state index in [2.05, 4.69) is 26.2 Å². The third-order valence-electron chi connectivity index (χ3n) is 6.75. The number of benzene rings is 1. The molecule has 0 radical (unpaired) electrons. The zero-order valence-corrected chi connectivity index (χ0v) is 21.4. The molecule has 1 aromatic carbocycles. The molecule has 2 aromatic heterocycles. The van der Waals surface area contributed by atoms with Gasteiger partial charge < -0.3 is 10.5 Å². The van der Waals surface area contributed by atoms with E-state index in [9.17, 15) is 18.8 Å². The van der Waals surface area contributed by atoms with Gasteiger partial charge in [-0.25, -0.2) is 13.8 Å². The molecule has 3 aliphatic rings. The molecule has 10 heteroatoms. The largest absolute Gasteiger partial charge is 0.469 e. The van der Waals surface area contributed by atoms with Crippen LogP contribution in [0.25, 0.3) is 22.2 Å². The molecule has 1 unspecified atom stereocenters. The summed E-state index contributed by atoms with van der Waals surface area (Å²) >= 11 is 2.07. The Balaban J connectivity index is 0.000000192. The summed E-state index contributed by atoms with van der Waals surface area (Å²) in [7, 11) is 2.86. The number of nitrogen functional groups attached to an aromatic ring is 1. The highest BCUT2D eigenvalue weighted by molar-refractivity contribution is 14.2. The topological polar surface area (TPSA) is 93.9 Å². The lowest BCUT2D eigenvalue weighted by molar-refractivity contribution is -0.151. The van der Waals surface area contributed by atoms with Crippen LogP contribution in [0.5, 0.6) is 0 Å². The molecular weight excluding hydrogens is 573 g/mol. The predicted octanol–water partition coefficient (Wildman–Crippen LogP) is 6.27. The lowest BCUT2D eigenvalue weighted by Crippen LogP contribution is -2.36. The maximum Gasteiger partial charge on any atom is 0.308 e. The van der Waals surface area contributed by atoms with Crippen molar-refractivity contribution in [1.29, 1.82) is 5.26 Å². The number of nitrogens with two attached hydrogens (primary N) is 1. The van der Waals surface area contributed by atoms with Crippen LogP contribution in [0, 0.1) is 40.7 Å². The number of fused-ring (bicyclic) bond motifs is 4. The Kier molecular flexibility index (Phi) is 7.62. The quantitative estimate of drug-likeness (QED) is 0.218. The van der Waals surface area contributed by atoms with Crippen molar-refractivity contribution in [2.24, 2.45) is 17.8 Å². The van der Waals surface area contributed by atoms with Gasteiger partial charge in [-0.3, -0.25) is 8.77 Å². The summed E-state index contributed by atoms with van der Waals surface area (Å²) < 4.78 is 33.6. The van der Waals surface area contributed by atoms with Crippen LogP contribution < -0.4 is 5.73 Å². The molecule has 0 spiro atoms. The van der Waals surface area contributed by atoms with E-state index in [1.807, 2.05) is 6.07 Å². The van der Waals surface area contributed by atoms with Crippen LogP contribution in [-0.2, 0) is 9.53 Å². The molecule has 6 nitrogen and oxygen atoms in total. The van der Waals surface area contributed by atoms with Gasteiger partial charge in [0.25, 0.3) is 0 Å². The minimum atomic E-state index is -0.656. The number of carbonyl (C=O) groups excluding carboxylic acids is 1. The normalized spacial score (nSPS) is 21.0. The van der Waals surface area contributed by atoms with Gasteiger partial charge >= 0.3 is 5.97 Å². The van der Waals surface area contributed by atoms with E-state index in [-0.39, 0.29) is 23.1 Å². The first-order chi connectivity index (χ1) is 16.4. The van der Waals surface area contributed by atoms with Crippen molar-refractivity contribution in [3.8, 4) is 17.2 Å². The Bertz CT molecular complexity index is 1270. The number of pyridine rings is 1. The van der Waals surface area contributed by atoms with Crippen LogP contribution in [0.1, 0.15) is 37.7 Å². The molecule has 2 heterocycles. The highest BCUT2D eigenvalue weighted by Crippen LogP contribution is 2.45. The molecule has 3 aromatic rings. The predicted molar refractivity (Wildman–Crippen MR) is 137 cm³/mol. The lowest BCUT2D eigenvalue weighted by atomic mass is 9.65. The number of ether oxygens (including phenoxy) is 1. The van der Waals surface area contributed by atoms with Gasteiger partial charge in [-0.05, 0) is 49.3 Å². The molecular formula is C24H23F2IN4O2S. The van der Waals surface area contributed by atoms with Crippen LogP contribution in [-0.4, -0.2) is 22.0 Å². The summed E-state index contributed by atoms with van der Waals surface area (Å²) in [6, 6.07) is 5.74. The zero-order valence-electron chi connectivity index (χ0n) is 18.4. The molecule has 6 rings (SSSR count). The Hall–Kier alpha value is -2.39. The van der Waals surface area contributed by atoms with Crippen molar-refractivity contribution in [3.63, 3.8) is 0 Å². The number of carbonyl (C=O) groups is 1. The van der Waals surface area contributed by atoms with Gasteiger partial charge in [0.1, 0.15) is 11.6 Å². The molecule has 1 atom stereocenters. The first-order valence-electron chi connectivity index (χ1n) is 10.9. The van der Waals surface area contributed by atoms with Crippen molar-refractivity contribution in [3.05, 3.63) is 47.8 Å².